The summed E-state index contributed by atoms with van der Waals surface area (Å²) in [6.07, 6.45) is -4.36. The Morgan fingerprint density at radius 3 is 2.17 bits per heavy atom. The van der Waals surface area contributed by atoms with Crippen molar-refractivity contribution in [1.29, 1.82) is 0 Å². The number of hydrogen-bond acceptors (Lipinski definition) is 3. The van der Waals surface area contributed by atoms with Crippen molar-refractivity contribution in [3.05, 3.63) is 29.8 Å². The molecule has 1 aromatic rings. The van der Waals surface area contributed by atoms with Gasteiger partial charge in [0.15, 0.2) is 0 Å². The van der Waals surface area contributed by atoms with Crippen LogP contribution in [-0.2, 0) is 9.31 Å². The maximum atomic E-state index is 13.2. The lowest BCUT2D eigenvalue weighted by molar-refractivity contribution is -0.157. The van der Waals surface area contributed by atoms with Gasteiger partial charge in [-0.25, -0.2) is 0 Å². The summed E-state index contributed by atoms with van der Waals surface area (Å²) in [7, 11) is -0.671. The van der Waals surface area contributed by atoms with Crippen LogP contribution < -0.4 is 10.8 Å². The van der Waals surface area contributed by atoms with E-state index in [0.29, 0.717) is 5.46 Å². The molecule has 1 aromatic carbocycles. The van der Waals surface area contributed by atoms with Crippen LogP contribution in [0.4, 0.5) is 13.2 Å². The standard InChI is InChI=1S/C16H23BF3NO2/c1-6-21-13(16(18,19)20)11-8-7-9-12(10-11)17-22-14(2,3)15(4,5)23-17/h7-10,13,21H,6H2,1-5H3/t13-/m0/s1. The number of alkyl halides is 3. The van der Waals surface area contributed by atoms with Crippen LogP contribution >= 0.6 is 0 Å². The van der Waals surface area contributed by atoms with Gasteiger partial charge in [-0.15, -0.1) is 0 Å². The van der Waals surface area contributed by atoms with Crippen LogP contribution in [0.5, 0.6) is 0 Å². The quantitative estimate of drug-likeness (QED) is 0.861. The summed E-state index contributed by atoms with van der Waals surface area (Å²) in [5, 5.41) is 2.48. The highest BCUT2D eigenvalue weighted by Crippen LogP contribution is 2.37. The Kier molecular flexibility index (Phi) is 4.86. The molecule has 0 unspecified atom stereocenters. The van der Waals surface area contributed by atoms with Crippen LogP contribution in [0.2, 0.25) is 0 Å². The summed E-state index contributed by atoms with van der Waals surface area (Å²) < 4.78 is 51.5. The van der Waals surface area contributed by atoms with E-state index in [9.17, 15) is 13.2 Å². The molecular weight excluding hydrogens is 306 g/mol. The molecule has 1 saturated heterocycles. The molecule has 1 aliphatic rings. The van der Waals surface area contributed by atoms with E-state index in [0.717, 1.165) is 0 Å². The van der Waals surface area contributed by atoms with Crippen molar-refractivity contribution < 1.29 is 22.5 Å². The zero-order valence-electron chi connectivity index (χ0n) is 14.1. The van der Waals surface area contributed by atoms with Crippen LogP contribution in [0.15, 0.2) is 24.3 Å². The lowest BCUT2D eigenvalue weighted by Gasteiger charge is -2.32. The maximum Gasteiger partial charge on any atom is 0.494 e. The lowest BCUT2D eigenvalue weighted by atomic mass is 9.78. The smallest absolute Gasteiger partial charge is 0.399 e. The minimum atomic E-state index is -4.36. The second-order valence-electron chi connectivity index (χ2n) is 6.79. The van der Waals surface area contributed by atoms with Crippen molar-refractivity contribution in [2.45, 2.75) is 58.0 Å². The zero-order valence-corrected chi connectivity index (χ0v) is 14.1. The highest BCUT2D eigenvalue weighted by atomic mass is 19.4. The lowest BCUT2D eigenvalue weighted by Crippen LogP contribution is -2.41. The van der Waals surface area contributed by atoms with Gasteiger partial charge in [0.25, 0.3) is 0 Å². The first-order valence-corrected chi connectivity index (χ1v) is 7.73. The highest BCUT2D eigenvalue weighted by molar-refractivity contribution is 6.62. The molecule has 0 radical (unpaired) electrons. The van der Waals surface area contributed by atoms with Crippen LogP contribution in [0.25, 0.3) is 0 Å². The molecule has 128 valence electrons. The number of benzene rings is 1. The summed E-state index contributed by atoms with van der Waals surface area (Å²) in [6, 6.07) is 4.60. The molecule has 1 atom stereocenters. The second-order valence-corrected chi connectivity index (χ2v) is 6.79. The molecule has 1 heterocycles. The minimum absolute atomic E-state index is 0.159. The van der Waals surface area contributed by atoms with Gasteiger partial charge >= 0.3 is 13.3 Å². The SMILES string of the molecule is CCN[C@@H](c1cccc(B2OC(C)(C)C(C)(C)O2)c1)C(F)(F)F. The van der Waals surface area contributed by atoms with Gasteiger partial charge in [-0.3, -0.25) is 0 Å². The molecule has 0 amide bonds. The van der Waals surface area contributed by atoms with Gasteiger partial charge in [-0.05, 0) is 45.3 Å². The van der Waals surface area contributed by atoms with Crippen molar-refractivity contribution in [1.82, 2.24) is 5.32 Å². The molecule has 23 heavy (non-hydrogen) atoms. The Morgan fingerprint density at radius 2 is 1.70 bits per heavy atom. The van der Waals surface area contributed by atoms with E-state index in [4.69, 9.17) is 9.31 Å². The Bertz CT molecular complexity index is 545. The molecule has 1 aliphatic heterocycles. The summed E-state index contributed by atoms with van der Waals surface area (Å²) in [4.78, 5) is 0. The Balaban J connectivity index is 2.30. The highest BCUT2D eigenvalue weighted by Gasteiger charge is 2.52. The predicted octanol–water partition coefficient (Wildman–Crippen LogP) is 3.20. The van der Waals surface area contributed by atoms with E-state index < -0.39 is 30.5 Å². The van der Waals surface area contributed by atoms with Crippen LogP contribution in [0.1, 0.15) is 46.2 Å². The van der Waals surface area contributed by atoms with E-state index in [-0.39, 0.29) is 12.1 Å². The Labute approximate surface area is 135 Å². The van der Waals surface area contributed by atoms with Crippen molar-refractivity contribution in [3.63, 3.8) is 0 Å². The molecule has 2 rings (SSSR count). The average molecular weight is 329 g/mol. The van der Waals surface area contributed by atoms with Crippen molar-refractivity contribution >= 4 is 12.6 Å². The normalized spacial score (nSPS) is 21.5. The monoisotopic (exact) mass is 329 g/mol. The summed E-state index contributed by atoms with van der Waals surface area (Å²) in [5.74, 6) is 0. The number of hydrogen-bond donors (Lipinski definition) is 1. The van der Waals surface area contributed by atoms with Gasteiger partial charge in [-0.2, -0.15) is 13.2 Å². The van der Waals surface area contributed by atoms with Gasteiger partial charge in [0.05, 0.1) is 11.2 Å². The van der Waals surface area contributed by atoms with E-state index in [1.54, 1.807) is 19.1 Å². The molecule has 0 aromatic heterocycles. The summed E-state index contributed by atoms with van der Waals surface area (Å²) in [6.45, 7) is 9.52. The number of rotatable bonds is 4. The summed E-state index contributed by atoms with van der Waals surface area (Å²) >= 11 is 0. The third-order valence-electron chi connectivity index (χ3n) is 4.51. The van der Waals surface area contributed by atoms with E-state index in [1.165, 1.54) is 12.1 Å². The van der Waals surface area contributed by atoms with Gasteiger partial charge in [0.2, 0.25) is 0 Å². The first-order chi connectivity index (χ1) is 10.5. The van der Waals surface area contributed by atoms with E-state index in [2.05, 4.69) is 5.32 Å². The van der Waals surface area contributed by atoms with Crippen LogP contribution in [0.3, 0.4) is 0 Å². The van der Waals surface area contributed by atoms with E-state index in [1.807, 2.05) is 27.7 Å². The molecular formula is C16H23BF3NO2. The van der Waals surface area contributed by atoms with Crippen molar-refractivity contribution in [2.24, 2.45) is 0 Å². The average Bonchev–Trinajstić information content (AvgIpc) is 2.64. The van der Waals surface area contributed by atoms with Crippen molar-refractivity contribution in [3.8, 4) is 0 Å². The number of halogens is 3. The van der Waals surface area contributed by atoms with E-state index >= 15 is 0 Å². The largest absolute Gasteiger partial charge is 0.494 e. The first kappa shape index (κ1) is 18.3. The van der Waals surface area contributed by atoms with Gasteiger partial charge in [-0.1, -0.05) is 31.2 Å². The predicted molar refractivity (Wildman–Crippen MR) is 84.6 cm³/mol. The topological polar surface area (TPSA) is 30.5 Å². The minimum Gasteiger partial charge on any atom is -0.399 e. The van der Waals surface area contributed by atoms with Gasteiger partial charge in [0.1, 0.15) is 6.04 Å². The molecule has 1 N–H and O–H groups in total. The van der Waals surface area contributed by atoms with Gasteiger partial charge in [0, 0.05) is 0 Å². The molecule has 1 fully saturated rings. The maximum absolute atomic E-state index is 13.2. The van der Waals surface area contributed by atoms with Gasteiger partial charge < -0.3 is 14.6 Å². The Hall–Kier alpha value is -1.05. The second kappa shape index (κ2) is 6.11. The molecule has 0 aliphatic carbocycles. The van der Waals surface area contributed by atoms with Crippen LogP contribution in [0, 0.1) is 0 Å². The number of nitrogens with one attached hydrogen (secondary N) is 1. The first-order valence-electron chi connectivity index (χ1n) is 7.73. The van der Waals surface area contributed by atoms with Crippen LogP contribution in [-0.4, -0.2) is 31.0 Å². The Morgan fingerprint density at radius 1 is 1.13 bits per heavy atom. The molecule has 0 spiro atoms. The third-order valence-corrected chi connectivity index (χ3v) is 4.51. The summed E-state index contributed by atoms with van der Waals surface area (Å²) in [5.41, 5.74) is -0.308. The fourth-order valence-electron chi connectivity index (χ4n) is 2.49. The fourth-order valence-corrected chi connectivity index (χ4v) is 2.49. The molecule has 7 heteroatoms. The van der Waals surface area contributed by atoms with Crippen molar-refractivity contribution in [2.75, 3.05) is 6.54 Å². The third kappa shape index (κ3) is 3.73. The zero-order chi connectivity index (χ0) is 17.5. The fraction of sp³-hybridized carbons (Fsp3) is 0.625. The molecule has 3 nitrogen and oxygen atoms in total. The molecule has 0 saturated carbocycles. The molecule has 0 bridgehead atoms.